The van der Waals surface area contributed by atoms with E-state index >= 15 is 0 Å². The highest BCUT2D eigenvalue weighted by Gasteiger charge is 2.34. The molecule has 1 fully saturated rings. The van der Waals surface area contributed by atoms with Gasteiger partial charge in [-0.2, -0.15) is 0 Å². The molecule has 2 heterocycles. The Morgan fingerprint density at radius 1 is 0.943 bits per heavy atom. The fraction of sp³-hybridized carbons (Fsp3) is 0.259. The number of hydrogen-bond acceptors (Lipinski definition) is 4. The van der Waals surface area contributed by atoms with E-state index < -0.39 is 12.0 Å². The molecule has 0 saturated carbocycles. The molecule has 3 aromatic rings. The van der Waals surface area contributed by atoms with Crippen molar-refractivity contribution in [2.24, 2.45) is 0 Å². The Labute approximate surface area is 204 Å². The average Bonchev–Trinajstić information content (AvgIpc) is 3.35. The number of hydrogen-bond donors (Lipinski definition) is 3. The van der Waals surface area contributed by atoms with Crippen LogP contribution in [0.15, 0.2) is 66.9 Å². The molecule has 0 radical (unpaired) electrons. The summed E-state index contributed by atoms with van der Waals surface area (Å²) in [6.45, 7) is 4.74. The number of aromatic nitrogens is 1. The van der Waals surface area contributed by atoms with Crippen molar-refractivity contribution in [1.29, 1.82) is 0 Å². The van der Waals surface area contributed by atoms with Crippen molar-refractivity contribution in [2.45, 2.75) is 38.6 Å². The highest BCUT2D eigenvalue weighted by atomic mass is 16.4. The number of urea groups is 1. The minimum absolute atomic E-state index is 0.204. The fourth-order valence-corrected chi connectivity index (χ4v) is 4.08. The van der Waals surface area contributed by atoms with Crippen molar-refractivity contribution < 1.29 is 19.5 Å². The molecule has 8 nitrogen and oxygen atoms in total. The summed E-state index contributed by atoms with van der Waals surface area (Å²) in [6.07, 6.45) is 2.89. The van der Waals surface area contributed by atoms with E-state index in [1.165, 1.54) is 17.7 Å². The van der Waals surface area contributed by atoms with Crippen molar-refractivity contribution >= 4 is 29.3 Å². The zero-order chi connectivity index (χ0) is 24.9. The van der Waals surface area contributed by atoms with E-state index in [1.807, 2.05) is 24.3 Å². The number of carboxylic acids is 1. The van der Waals surface area contributed by atoms with Crippen LogP contribution in [0.2, 0.25) is 0 Å². The van der Waals surface area contributed by atoms with Crippen molar-refractivity contribution in [1.82, 2.24) is 9.88 Å². The maximum atomic E-state index is 12.9. The molecule has 0 bridgehead atoms. The Bertz CT molecular complexity index is 1210. The first kappa shape index (κ1) is 23.9. The van der Waals surface area contributed by atoms with Gasteiger partial charge in [-0.3, -0.25) is 9.78 Å². The summed E-state index contributed by atoms with van der Waals surface area (Å²) in [7, 11) is 0. The van der Waals surface area contributed by atoms with Crippen LogP contribution in [0.1, 0.15) is 48.5 Å². The predicted molar refractivity (Wildman–Crippen MR) is 135 cm³/mol. The summed E-state index contributed by atoms with van der Waals surface area (Å²) in [6, 6.07) is 16.8. The number of amides is 3. The number of carbonyl (C=O) groups excluding carboxylic acids is 2. The normalized spacial score (nSPS) is 15.2. The number of nitrogens with zero attached hydrogens (tertiary/aromatic N) is 2. The fourth-order valence-electron chi connectivity index (χ4n) is 4.08. The lowest BCUT2D eigenvalue weighted by atomic mass is 10.0. The number of pyridine rings is 1. The molecule has 1 aromatic heterocycles. The van der Waals surface area contributed by atoms with E-state index in [1.54, 1.807) is 35.4 Å². The van der Waals surface area contributed by atoms with Gasteiger partial charge >= 0.3 is 12.0 Å². The zero-order valence-corrected chi connectivity index (χ0v) is 19.7. The average molecular weight is 473 g/mol. The first-order chi connectivity index (χ1) is 16.8. The van der Waals surface area contributed by atoms with Crippen molar-refractivity contribution in [3.8, 4) is 11.3 Å². The molecule has 180 valence electrons. The largest absolute Gasteiger partial charge is 0.478 e. The first-order valence-corrected chi connectivity index (χ1v) is 11.6. The molecule has 0 unspecified atom stereocenters. The third-order valence-electron chi connectivity index (χ3n) is 6.10. The van der Waals surface area contributed by atoms with Gasteiger partial charge in [-0.1, -0.05) is 38.1 Å². The quantitative estimate of drug-likeness (QED) is 0.456. The Morgan fingerprint density at radius 2 is 1.63 bits per heavy atom. The summed E-state index contributed by atoms with van der Waals surface area (Å²) in [4.78, 5) is 42.8. The van der Waals surface area contributed by atoms with Crippen molar-refractivity contribution in [3.63, 3.8) is 0 Å². The summed E-state index contributed by atoms with van der Waals surface area (Å²) >= 11 is 0. The maximum absolute atomic E-state index is 12.9. The Balaban J connectivity index is 1.37. The van der Waals surface area contributed by atoms with E-state index in [2.05, 4.69) is 29.5 Å². The van der Waals surface area contributed by atoms with E-state index in [0.29, 0.717) is 36.0 Å². The standard InChI is InChI=1S/C27H28N4O4/c1-17(2)18-9-11-21(12-10-18)30-27(35)31-15-3-4-24(31)25(32)29-22-13-14-23(28-16-22)19-5-7-20(8-6-19)26(33)34/h5-14,16-17,24H,3-4,15H2,1-2H3,(H,29,32)(H,30,35)(H,33,34)/t24-/m0/s1. The Morgan fingerprint density at radius 3 is 2.23 bits per heavy atom. The van der Waals surface area contributed by atoms with Gasteiger partial charge in [0.05, 0.1) is 23.1 Å². The van der Waals surface area contributed by atoms with Gasteiger partial charge in [-0.05, 0) is 60.7 Å². The Kier molecular flexibility index (Phi) is 7.10. The molecule has 1 aliphatic rings. The smallest absolute Gasteiger partial charge is 0.335 e. The number of carboxylic acid groups (broad SMARTS) is 1. The maximum Gasteiger partial charge on any atom is 0.335 e. The molecule has 8 heteroatoms. The molecule has 4 rings (SSSR count). The number of carbonyl (C=O) groups is 3. The number of rotatable bonds is 6. The van der Waals surface area contributed by atoms with Crippen LogP contribution in [0.5, 0.6) is 0 Å². The second-order valence-electron chi connectivity index (χ2n) is 8.86. The van der Waals surface area contributed by atoms with Gasteiger partial charge in [0, 0.05) is 17.8 Å². The van der Waals surface area contributed by atoms with E-state index in [0.717, 1.165) is 12.0 Å². The van der Waals surface area contributed by atoms with E-state index in [9.17, 15) is 14.4 Å². The van der Waals surface area contributed by atoms with Gasteiger partial charge in [0.2, 0.25) is 5.91 Å². The molecule has 1 saturated heterocycles. The first-order valence-electron chi connectivity index (χ1n) is 11.6. The van der Waals surface area contributed by atoms with Crippen LogP contribution in [0.25, 0.3) is 11.3 Å². The number of likely N-dealkylation sites (tertiary alicyclic amines) is 1. The van der Waals surface area contributed by atoms with E-state index in [4.69, 9.17) is 5.11 Å². The second-order valence-corrected chi connectivity index (χ2v) is 8.86. The molecule has 35 heavy (non-hydrogen) atoms. The molecule has 1 atom stereocenters. The topological polar surface area (TPSA) is 112 Å². The molecule has 1 aliphatic heterocycles. The van der Waals surface area contributed by atoms with Crippen LogP contribution in [0, 0.1) is 0 Å². The third-order valence-corrected chi connectivity index (χ3v) is 6.10. The van der Waals surface area contributed by atoms with E-state index in [-0.39, 0.29) is 17.5 Å². The van der Waals surface area contributed by atoms with Gasteiger partial charge in [0.15, 0.2) is 0 Å². The summed E-state index contributed by atoms with van der Waals surface area (Å²) in [5, 5.41) is 14.8. The summed E-state index contributed by atoms with van der Waals surface area (Å²) in [5.74, 6) is -0.832. The minimum Gasteiger partial charge on any atom is -0.478 e. The highest BCUT2D eigenvalue weighted by molar-refractivity contribution is 5.99. The second kappa shape index (κ2) is 10.4. The third kappa shape index (κ3) is 5.66. The van der Waals surface area contributed by atoms with Gasteiger partial charge in [-0.15, -0.1) is 0 Å². The SMILES string of the molecule is CC(C)c1ccc(NC(=O)N2CCC[C@H]2C(=O)Nc2ccc(-c3ccc(C(=O)O)cc3)nc2)cc1. The number of benzene rings is 2. The van der Waals surface area contributed by atoms with Crippen LogP contribution in [0.3, 0.4) is 0 Å². The number of anilines is 2. The zero-order valence-electron chi connectivity index (χ0n) is 19.7. The molecule has 0 spiro atoms. The molecular formula is C27H28N4O4. The number of nitrogens with one attached hydrogen (secondary N) is 2. The lowest BCUT2D eigenvalue weighted by molar-refractivity contribution is -0.119. The van der Waals surface area contributed by atoms with Gasteiger partial charge in [0.25, 0.3) is 0 Å². The van der Waals surface area contributed by atoms with Gasteiger partial charge in [-0.25, -0.2) is 9.59 Å². The monoisotopic (exact) mass is 472 g/mol. The summed E-state index contributed by atoms with van der Waals surface area (Å²) < 4.78 is 0. The molecule has 3 amide bonds. The lowest BCUT2D eigenvalue weighted by Crippen LogP contribution is -2.45. The van der Waals surface area contributed by atoms with Crippen LogP contribution in [0.4, 0.5) is 16.2 Å². The molecular weight excluding hydrogens is 444 g/mol. The van der Waals surface area contributed by atoms with Crippen LogP contribution < -0.4 is 10.6 Å². The minimum atomic E-state index is -0.985. The van der Waals surface area contributed by atoms with Crippen LogP contribution >= 0.6 is 0 Å². The Hall–Kier alpha value is -4.20. The molecule has 2 aromatic carbocycles. The lowest BCUT2D eigenvalue weighted by Gasteiger charge is -2.24. The van der Waals surface area contributed by atoms with Crippen molar-refractivity contribution in [2.75, 3.05) is 17.2 Å². The highest BCUT2D eigenvalue weighted by Crippen LogP contribution is 2.23. The molecule has 3 N–H and O–H groups in total. The number of aromatic carboxylic acids is 1. The summed E-state index contributed by atoms with van der Waals surface area (Å²) in [5.41, 5.74) is 4.05. The van der Waals surface area contributed by atoms with Crippen LogP contribution in [-0.2, 0) is 4.79 Å². The molecule has 0 aliphatic carbocycles. The van der Waals surface area contributed by atoms with Gasteiger partial charge in [0.1, 0.15) is 6.04 Å². The van der Waals surface area contributed by atoms with Crippen molar-refractivity contribution in [3.05, 3.63) is 78.0 Å². The van der Waals surface area contributed by atoms with Gasteiger partial charge < -0.3 is 20.6 Å². The van der Waals surface area contributed by atoms with Crippen LogP contribution in [-0.4, -0.2) is 45.5 Å². The predicted octanol–water partition coefficient (Wildman–Crippen LogP) is 5.21.